The van der Waals surface area contributed by atoms with Crippen molar-refractivity contribution >= 4 is 39.3 Å². The van der Waals surface area contributed by atoms with E-state index in [9.17, 15) is 14.4 Å². The molecule has 18 heavy (non-hydrogen) atoms. The Morgan fingerprint density at radius 1 is 1.28 bits per heavy atom. The van der Waals surface area contributed by atoms with Crippen LogP contribution in [0, 0.1) is 0 Å². The van der Waals surface area contributed by atoms with Crippen LogP contribution >= 0.6 is 21.6 Å². The van der Waals surface area contributed by atoms with E-state index in [-0.39, 0.29) is 30.7 Å². The molecular formula is C11H16N2O3S2. The van der Waals surface area contributed by atoms with Crippen LogP contribution in [0.25, 0.3) is 0 Å². The molecule has 0 atom stereocenters. The summed E-state index contributed by atoms with van der Waals surface area (Å²) in [6.45, 7) is 2.83. The minimum atomic E-state index is -0.345. The zero-order valence-electron chi connectivity index (χ0n) is 10.2. The van der Waals surface area contributed by atoms with Crippen molar-refractivity contribution in [2.24, 2.45) is 0 Å². The van der Waals surface area contributed by atoms with Crippen molar-refractivity contribution in [3.8, 4) is 0 Å². The number of rotatable bonds is 8. The molecule has 0 radical (unpaired) electrons. The lowest BCUT2D eigenvalue weighted by atomic mass is 10.3. The van der Waals surface area contributed by atoms with E-state index in [1.54, 1.807) is 21.6 Å². The van der Waals surface area contributed by atoms with E-state index in [1.165, 1.54) is 12.2 Å². The van der Waals surface area contributed by atoms with Crippen molar-refractivity contribution in [1.82, 2.24) is 10.2 Å². The summed E-state index contributed by atoms with van der Waals surface area (Å²) < 4.78 is 0. The Hall–Kier alpha value is -0.950. The van der Waals surface area contributed by atoms with E-state index in [2.05, 4.69) is 12.2 Å². The van der Waals surface area contributed by atoms with Gasteiger partial charge in [0.25, 0.3) is 11.8 Å². The van der Waals surface area contributed by atoms with Crippen molar-refractivity contribution in [3.63, 3.8) is 0 Å². The molecule has 0 saturated heterocycles. The lowest BCUT2D eigenvalue weighted by Gasteiger charge is -2.13. The molecule has 3 amide bonds. The van der Waals surface area contributed by atoms with Gasteiger partial charge in [-0.25, -0.2) is 0 Å². The van der Waals surface area contributed by atoms with Crippen LogP contribution in [-0.4, -0.2) is 47.2 Å². The van der Waals surface area contributed by atoms with Gasteiger partial charge in [0.1, 0.15) is 0 Å². The normalized spacial score (nSPS) is 14.4. The largest absolute Gasteiger partial charge is 0.355 e. The van der Waals surface area contributed by atoms with Crippen molar-refractivity contribution in [2.75, 3.05) is 24.6 Å². The van der Waals surface area contributed by atoms with Gasteiger partial charge in [-0.15, -0.1) is 0 Å². The van der Waals surface area contributed by atoms with Crippen LogP contribution in [0.2, 0.25) is 0 Å². The molecule has 0 saturated carbocycles. The van der Waals surface area contributed by atoms with E-state index in [0.29, 0.717) is 6.54 Å². The van der Waals surface area contributed by atoms with E-state index < -0.39 is 0 Å². The number of hydrogen-bond donors (Lipinski definition) is 1. The van der Waals surface area contributed by atoms with Crippen molar-refractivity contribution in [1.29, 1.82) is 0 Å². The van der Waals surface area contributed by atoms with Crippen molar-refractivity contribution in [2.45, 2.75) is 13.3 Å². The molecule has 0 unspecified atom stereocenters. The quantitative estimate of drug-likeness (QED) is 0.407. The van der Waals surface area contributed by atoms with Gasteiger partial charge in [-0.1, -0.05) is 28.5 Å². The minimum absolute atomic E-state index is 0.135. The van der Waals surface area contributed by atoms with Crippen LogP contribution in [-0.2, 0) is 14.4 Å². The van der Waals surface area contributed by atoms with Gasteiger partial charge in [0, 0.05) is 43.2 Å². The first-order valence-electron chi connectivity index (χ1n) is 5.69. The van der Waals surface area contributed by atoms with Gasteiger partial charge in [0.2, 0.25) is 5.91 Å². The molecule has 100 valence electrons. The molecule has 0 bridgehead atoms. The molecule has 7 heteroatoms. The molecule has 0 aliphatic carbocycles. The third-order valence-corrected chi connectivity index (χ3v) is 4.65. The highest BCUT2D eigenvalue weighted by atomic mass is 33.1. The van der Waals surface area contributed by atoms with Crippen LogP contribution in [0.5, 0.6) is 0 Å². The van der Waals surface area contributed by atoms with Crippen molar-refractivity contribution in [3.05, 3.63) is 12.2 Å². The predicted molar refractivity (Wildman–Crippen MR) is 74.1 cm³/mol. The Labute approximate surface area is 114 Å². The summed E-state index contributed by atoms with van der Waals surface area (Å²) in [5.74, 6) is 1.08. The second kappa shape index (κ2) is 8.20. The number of nitrogens with zero attached hydrogens (tertiary/aromatic N) is 1. The number of carbonyl (C=O) groups excluding carboxylic acids is 3. The molecule has 1 aliphatic heterocycles. The summed E-state index contributed by atoms with van der Waals surface area (Å²) >= 11 is 0. The number of carbonyl (C=O) groups is 3. The average molecular weight is 288 g/mol. The molecule has 0 spiro atoms. The maximum absolute atomic E-state index is 11.4. The summed E-state index contributed by atoms with van der Waals surface area (Å²) in [4.78, 5) is 34.9. The van der Waals surface area contributed by atoms with Crippen LogP contribution < -0.4 is 5.32 Å². The third kappa shape index (κ3) is 5.14. The van der Waals surface area contributed by atoms with Gasteiger partial charge in [0.05, 0.1) is 0 Å². The monoisotopic (exact) mass is 288 g/mol. The van der Waals surface area contributed by atoms with Gasteiger partial charge in [-0.3, -0.25) is 19.3 Å². The first-order valence-corrected chi connectivity index (χ1v) is 8.18. The molecular weight excluding hydrogens is 272 g/mol. The molecule has 1 heterocycles. The number of imide groups is 1. The Morgan fingerprint density at radius 3 is 2.56 bits per heavy atom. The molecule has 0 aromatic heterocycles. The van der Waals surface area contributed by atoms with Gasteiger partial charge in [-0.05, 0) is 0 Å². The van der Waals surface area contributed by atoms with Gasteiger partial charge >= 0.3 is 0 Å². The van der Waals surface area contributed by atoms with Gasteiger partial charge in [0.15, 0.2) is 0 Å². The molecule has 0 fully saturated rings. The maximum Gasteiger partial charge on any atom is 0.253 e. The standard InChI is InChI=1S/C11H16N2O3S2/c1-2-17-18-8-6-12-9(14)5-7-13-10(15)3-4-11(13)16/h3-4H,2,5-8H2,1H3,(H,12,14). The molecule has 0 aromatic rings. The van der Waals surface area contributed by atoms with E-state index in [0.717, 1.165) is 16.4 Å². The highest BCUT2D eigenvalue weighted by Gasteiger charge is 2.23. The Bertz CT molecular complexity index is 340. The predicted octanol–water partition coefficient (Wildman–Crippen LogP) is 0.819. The molecule has 0 aromatic carbocycles. The zero-order chi connectivity index (χ0) is 13.4. The second-order valence-corrected chi connectivity index (χ2v) is 6.36. The SMILES string of the molecule is CCSSCCNC(=O)CCN1C(=O)C=CC1=O. The van der Waals surface area contributed by atoms with E-state index in [1.807, 2.05) is 0 Å². The lowest BCUT2D eigenvalue weighted by molar-refractivity contribution is -0.137. The fourth-order valence-corrected chi connectivity index (χ4v) is 2.90. The topological polar surface area (TPSA) is 66.5 Å². The van der Waals surface area contributed by atoms with Crippen molar-refractivity contribution < 1.29 is 14.4 Å². The number of amides is 3. The Balaban J connectivity index is 2.10. The van der Waals surface area contributed by atoms with E-state index >= 15 is 0 Å². The minimum Gasteiger partial charge on any atom is -0.355 e. The molecule has 1 aliphatic rings. The fraction of sp³-hybridized carbons (Fsp3) is 0.545. The van der Waals surface area contributed by atoms with Crippen LogP contribution in [0.4, 0.5) is 0 Å². The summed E-state index contributed by atoms with van der Waals surface area (Å²) in [7, 11) is 3.47. The lowest BCUT2D eigenvalue weighted by Crippen LogP contribution is -2.35. The zero-order valence-corrected chi connectivity index (χ0v) is 11.8. The third-order valence-electron chi connectivity index (χ3n) is 2.17. The Kier molecular flexibility index (Phi) is 6.89. The first-order chi connectivity index (χ1) is 8.65. The first kappa shape index (κ1) is 15.1. The van der Waals surface area contributed by atoms with Crippen LogP contribution in [0.1, 0.15) is 13.3 Å². The smallest absolute Gasteiger partial charge is 0.253 e. The summed E-state index contributed by atoms with van der Waals surface area (Å²) in [6.07, 6.45) is 2.60. The average Bonchev–Trinajstić information content (AvgIpc) is 2.66. The number of hydrogen-bond acceptors (Lipinski definition) is 5. The maximum atomic E-state index is 11.4. The summed E-state index contributed by atoms with van der Waals surface area (Å²) in [5.41, 5.74) is 0. The highest BCUT2D eigenvalue weighted by Crippen LogP contribution is 2.18. The van der Waals surface area contributed by atoms with Gasteiger partial charge in [-0.2, -0.15) is 0 Å². The van der Waals surface area contributed by atoms with Gasteiger partial charge < -0.3 is 5.32 Å². The van der Waals surface area contributed by atoms with Crippen LogP contribution in [0.3, 0.4) is 0 Å². The van der Waals surface area contributed by atoms with E-state index in [4.69, 9.17) is 0 Å². The summed E-state index contributed by atoms with van der Waals surface area (Å²) in [5, 5.41) is 2.75. The van der Waals surface area contributed by atoms with Crippen LogP contribution in [0.15, 0.2) is 12.2 Å². The molecule has 1 rings (SSSR count). The Morgan fingerprint density at radius 2 is 1.94 bits per heavy atom. The summed E-state index contributed by atoms with van der Waals surface area (Å²) in [6, 6.07) is 0. The number of nitrogens with one attached hydrogen (secondary N) is 1. The molecule has 1 N–H and O–H groups in total. The molecule has 5 nitrogen and oxygen atoms in total. The highest BCUT2D eigenvalue weighted by molar-refractivity contribution is 8.76. The second-order valence-electron chi connectivity index (χ2n) is 3.49. The fourth-order valence-electron chi connectivity index (χ4n) is 1.33.